The van der Waals surface area contributed by atoms with Crippen LogP contribution in [0.15, 0.2) is 24.3 Å². The van der Waals surface area contributed by atoms with Gasteiger partial charge in [0, 0.05) is 56.5 Å². The lowest BCUT2D eigenvalue weighted by Crippen LogP contribution is -2.62. The third-order valence-electron chi connectivity index (χ3n) is 6.63. The topological polar surface area (TPSA) is 91.1 Å². The van der Waals surface area contributed by atoms with Gasteiger partial charge in [-0.15, -0.1) is 0 Å². The Morgan fingerprint density at radius 1 is 1.20 bits per heavy atom. The second-order valence-electron chi connectivity index (χ2n) is 8.83. The van der Waals surface area contributed by atoms with Crippen LogP contribution in [0.1, 0.15) is 25.3 Å². The van der Waals surface area contributed by atoms with Crippen LogP contribution in [0.3, 0.4) is 0 Å². The Morgan fingerprint density at radius 2 is 2.00 bits per heavy atom. The highest BCUT2D eigenvalue weighted by Gasteiger charge is 2.37. The quantitative estimate of drug-likeness (QED) is 0.703. The van der Waals surface area contributed by atoms with E-state index in [0.29, 0.717) is 25.2 Å². The first-order chi connectivity index (χ1) is 14.4. The molecule has 8 heteroatoms. The first-order valence-electron chi connectivity index (χ1n) is 10.9. The molecule has 3 N–H and O–H groups in total. The number of primary amides is 1. The van der Waals surface area contributed by atoms with Crippen LogP contribution in [-0.2, 0) is 14.3 Å². The molecule has 4 atom stereocenters. The molecule has 2 fully saturated rings. The first-order valence-corrected chi connectivity index (χ1v) is 10.9. The van der Waals surface area contributed by atoms with Gasteiger partial charge in [-0.2, -0.15) is 0 Å². The van der Waals surface area contributed by atoms with Crippen molar-refractivity contribution in [2.24, 2.45) is 5.73 Å². The Hall–Kier alpha value is -2.00. The Labute approximate surface area is 178 Å². The maximum absolute atomic E-state index is 13.3. The molecule has 8 nitrogen and oxygen atoms in total. The number of nitrogens with two attached hydrogens (primary N) is 1. The van der Waals surface area contributed by atoms with Crippen molar-refractivity contribution in [1.82, 2.24) is 15.1 Å². The van der Waals surface area contributed by atoms with Crippen molar-refractivity contribution in [1.29, 1.82) is 0 Å². The average molecular weight is 416 g/mol. The van der Waals surface area contributed by atoms with Gasteiger partial charge in [0.25, 0.3) is 0 Å². The zero-order chi connectivity index (χ0) is 21.3. The third-order valence-corrected chi connectivity index (χ3v) is 6.63. The molecular weight excluding hydrogens is 382 g/mol. The molecule has 0 bridgehead atoms. The third kappa shape index (κ3) is 4.37. The van der Waals surface area contributed by atoms with Crippen LogP contribution in [-0.4, -0.2) is 92.2 Å². The Bertz CT molecular complexity index is 788. The van der Waals surface area contributed by atoms with E-state index in [1.54, 1.807) is 4.90 Å². The van der Waals surface area contributed by atoms with Gasteiger partial charge in [0.15, 0.2) is 0 Å². The van der Waals surface area contributed by atoms with Crippen LogP contribution < -0.4 is 16.0 Å². The number of benzene rings is 1. The van der Waals surface area contributed by atoms with Crippen LogP contribution in [0.4, 0.5) is 5.69 Å². The number of hydrogen-bond donors (Lipinski definition) is 2. The summed E-state index contributed by atoms with van der Waals surface area (Å²) in [7, 11) is 0. The van der Waals surface area contributed by atoms with E-state index in [0.717, 1.165) is 50.6 Å². The zero-order valence-electron chi connectivity index (χ0n) is 17.9. The molecule has 3 aliphatic heterocycles. The summed E-state index contributed by atoms with van der Waals surface area (Å²) in [5, 5.41) is 3.56. The Balaban J connectivity index is 1.47. The summed E-state index contributed by atoms with van der Waals surface area (Å²) in [5.41, 5.74) is 7.27. The van der Waals surface area contributed by atoms with E-state index in [2.05, 4.69) is 29.0 Å². The highest BCUT2D eigenvalue weighted by Crippen LogP contribution is 2.36. The zero-order valence-corrected chi connectivity index (χ0v) is 17.9. The Morgan fingerprint density at radius 3 is 2.77 bits per heavy atom. The molecule has 0 saturated carbocycles. The van der Waals surface area contributed by atoms with Crippen molar-refractivity contribution in [3.63, 3.8) is 0 Å². The summed E-state index contributed by atoms with van der Waals surface area (Å²) in [4.78, 5) is 31.7. The number of ether oxygens (including phenoxy) is 1. The molecule has 2 saturated heterocycles. The lowest BCUT2D eigenvalue weighted by Gasteiger charge is -2.43. The number of nitrogens with zero attached hydrogens (tertiary/aromatic N) is 3. The van der Waals surface area contributed by atoms with Gasteiger partial charge < -0.3 is 20.7 Å². The summed E-state index contributed by atoms with van der Waals surface area (Å²) in [6, 6.07) is 8.57. The molecule has 2 amide bonds. The molecule has 0 radical (unpaired) electrons. The minimum Gasteiger partial charge on any atom is -0.379 e. The number of para-hydroxylation sites is 1. The number of fused-ring (bicyclic) bond motifs is 1. The molecule has 0 aromatic heterocycles. The second-order valence-corrected chi connectivity index (χ2v) is 8.83. The normalized spacial score (nSPS) is 30.3. The number of carbonyl (C=O) groups excluding carboxylic acids is 2. The number of anilines is 1. The van der Waals surface area contributed by atoms with Crippen molar-refractivity contribution in [3.8, 4) is 0 Å². The maximum Gasteiger partial charge on any atom is 0.241 e. The van der Waals surface area contributed by atoms with Crippen LogP contribution in [0.5, 0.6) is 0 Å². The number of piperazine rings is 1. The van der Waals surface area contributed by atoms with E-state index in [1.165, 1.54) is 0 Å². The fourth-order valence-corrected chi connectivity index (χ4v) is 4.85. The number of nitrogens with one attached hydrogen (secondary N) is 1. The molecule has 1 aromatic rings. The predicted molar refractivity (Wildman–Crippen MR) is 115 cm³/mol. The van der Waals surface area contributed by atoms with Gasteiger partial charge >= 0.3 is 0 Å². The number of carbonyl (C=O) groups is 2. The largest absolute Gasteiger partial charge is 0.379 e. The highest BCUT2D eigenvalue weighted by molar-refractivity contribution is 6.00. The number of amides is 2. The smallest absolute Gasteiger partial charge is 0.241 e. The average Bonchev–Trinajstić information content (AvgIpc) is 3.12. The highest BCUT2D eigenvalue weighted by atomic mass is 16.5. The van der Waals surface area contributed by atoms with Gasteiger partial charge in [0.1, 0.15) is 0 Å². The summed E-state index contributed by atoms with van der Waals surface area (Å²) in [5.74, 6) is -0.787. The van der Waals surface area contributed by atoms with Crippen LogP contribution in [0.2, 0.25) is 0 Å². The van der Waals surface area contributed by atoms with E-state index < -0.39 is 5.92 Å². The first kappa shape index (κ1) is 21.2. The van der Waals surface area contributed by atoms with E-state index in [9.17, 15) is 9.59 Å². The van der Waals surface area contributed by atoms with Crippen molar-refractivity contribution in [2.45, 2.75) is 37.9 Å². The van der Waals surface area contributed by atoms with Gasteiger partial charge in [-0.1, -0.05) is 18.2 Å². The molecule has 3 heterocycles. The van der Waals surface area contributed by atoms with E-state index in [4.69, 9.17) is 10.5 Å². The molecule has 30 heavy (non-hydrogen) atoms. The molecule has 1 aromatic carbocycles. The molecule has 0 spiro atoms. The lowest BCUT2D eigenvalue weighted by atomic mass is 10.0. The molecule has 3 aliphatic rings. The van der Waals surface area contributed by atoms with Gasteiger partial charge in [0.05, 0.1) is 25.7 Å². The van der Waals surface area contributed by atoms with E-state index >= 15 is 0 Å². The van der Waals surface area contributed by atoms with E-state index in [1.807, 2.05) is 24.3 Å². The van der Waals surface area contributed by atoms with Crippen molar-refractivity contribution < 1.29 is 14.3 Å². The van der Waals surface area contributed by atoms with Crippen LogP contribution in [0, 0.1) is 0 Å². The molecular formula is C22H33N5O3. The van der Waals surface area contributed by atoms with Crippen molar-refractivity contribution in [2.75, 3.05) is 57.4 Å². The second kappa shape index (κ2) is 9.01. The van der Waals surface area contributed by atoms with Gasteiger partial charge in [0.2, 0.25) is 11.8 Å². The SMILES string of the molecule is C[C@@H]1CN(CC(=O)N2CC(C(N)=O)c3ccccc32)[C@@H](CN2CCOC[C@H]2C)CN1. The molecule has 4 rings (SSSR count). The lowest BCUT2D eigenvalue weighted by molar-refractivity contribution is -0.121. The molecule has 0 aliphatic carbocycles. The maximum atomic E-state index is 13.3. The van der Waals surface area contributed by atoms with E-state index in [-0.39, 0.29) is 17.9 Å². The standard InChI is InChI=1S/C22H33N5O3/c1-15-10-26(17(9-24-15)11-25-7-8-30-14-16(25)2)13-21(28)27-12-19(22(23)29)18-5-3-4-6-20(18)27/h3-6,15-17,19,24H,7-14H2,1-2H3,(H2,23,29)/t15-,16-,17-,19?/m1/s1. The summed E-state index contributed by atoms with van der Waals surface area (Å²) in [6.45, 7) is 10.1. The minimum atomic E-state index is -0.433. The minimum absolute atomic E-state index is 0.0281. The van der Waals surface area contributed by atoms with Gasteiger partial charge in [-0.3, -0.25) is 19.4 Å². The van der Waals surface area contributed by atoms with Crippen molar-refractivity contribution >= 4 is 17.5 Å². The number of morpholine rings is 1. The molecule has 164 valence electrons. The number of hydrogen-bond acceptors (Lipinski definition) is 6. The van der Waals surface area contributed by atoms with Gasteiger partial charge in [-0.05, 0) is 25.5 Å². The summed E-state index contributed by atoms with van der Waals surface area (Å²) in [6.07, 6.45) is 0. The van der Waals surface area contributed by atoms with Gasteiger partial charge in [-0.25, -0.2) is 0 Å². The monoisotopic (exact) mass is 415 g/mol. The fourth-order valence-electron chi connectivity index (χ4n) is 4.85. The van der Waals surface area contributed by atoms with Crippen LogP contribution in [0.25, 0.3) is 0 Å². The Kier molecular flexibility index (Phi) is 6.38. The van der Waals surface area contributed by atoms with Crippen LogP contribution >= 0.6 is 0 Å². The van der Waals surface area contributed by atoms with Crippen molar-refractivity contribution in [3.05, 3.63) is 29.8 Å². The summed E-state index contributed by atoms with van der Waals surface area (Å²) < 4.78 is 5.57. The predicted octanol–water partition coefficient (Wildman–Crippen LogP) is -0.0149. The fraction of sp³-hybridized carbons (Fsp3) is 0.636. The number of rotatable bonds is 5. The molecule has 1 unspecified atom stereocenters. The summed E-state index contributed by atoms with van der Waals surface area (Å²) >= 11 is 0.